The molecule has 0 heterocycles. The van der Waals surface area contributed by atoms with Crippen LogP contribution in [0.2, 0.25) is 0 Å². The van der Waals surface area contributed by atoms with E-state index in [-0.39, 0.29) is 0 Å². The summed E-state index contributed by atoms with van der Waals surface area (Å²) in [7, 11) is 0. The number of hydrogen-bond donors (Lipinski definition) is 2. The second-order valence-corrected chi connectivity index (χ2v) is 2.74. The Morgan fingerprint density at radius 3 is 2.20 bits per heavy atom. The highest BCUT2D eigenvalue weighted by Crippen LogP contribution is 2.15. The molecule has 0 aliphatic rings. The molecule has 0 amide bonds. The maximum atomic E-state index is 13.0. The largest absolute Gasteiger partial charge is 0.478 e. The number of carboxylic acid groups (broad SMARTS) is 1. The molecule has 0 bridgehead atoms. The van der Waals surface area contributed by atoms with E-state index in [2.05, 4.69) is 0 Å². The number of aromatic carboxylic acids is 1. The lowest BCUT2D eigenvalue weighted by Gasteiger charge is -2.03. The third-order valence-electron chi connectivity index (χ3n) is 1.77. The molecule has 0 saturated heterocycles. The SMILES string of the molecule is NCC(=O)c1cc(C(=O)O)c(F)cc1F. The molecule has 1 rings (SSSR count). The van der Waals surface area contributed by atoms with Crippen molar-refractivity contribution < 1.29 is 23.5 Å². The maximum absolute atomic E-state index is 13.0. The van der Waals surface area contributed by atoms with Gasteiger partial charge in [-0.05, 0) is 6.07 Å². The van der Waals surface area contributed by atoms with Crippen LogP contribution in [0.15, 0.2) is 12.1 Å². The predicted molar refractivity (Wildman–Crippen MR) is 46.7 cm³/mol. The summed E-state index contributed by atoms with van der Waals surface area (Å²) in [4.78, 5) is 21.5. The molecule has 6 heteroatoms. The van der Waals surface area contributed by atoms with Gasteiger partial charge in [-0.15, -0.1) is 0 Å². The minimum absolute atomic E-state index is 0.354. The van der Waals surface area contributed by atoms with Crippen molar-refractivity contribution in [2.75, 3.05) is 6.54 Å². The molecule has 0 radical (unpaired) electrons. The van der Waals surface area contributed by atoms with Gasteiger partial charge in [-0.1, -0.05) is 0 Å². The van der Waals surface area contributed by atoms with Gasteiger partial charge in [-0.25, -0.2) is 13.6 Å². The quantitative estimate of drug-likeness (QED) is 0.731. The zero-order valence-corrected chi connectivity index (χ0v) is 7.46. The van der Waals surface area contributed by atoms with Crippen LogP contribution in [0, 0.1) is 11.6 Å². The van der Waals surface area contributed by atoms with Crippen LogP contribution in [0.4, 0.5) is 8.78 Å². The summed E-state index contributed by atoms with van der Waals surface area (Å²) in [5.74, 6) is -4.70. The van der Waals surface area contributed by atoms with E-state index in [4.69, 9.17) is 10.8 Å². The molecule has 15 heavy (non-hydrogen) atoms. The van der Waals surface area contributed by atoms with Crippen molar-refractivity contribution in [3.8, 4) is 0 Å². The van der Waals surface area contributed by atoms with E-state index >= 15 is 0 Å². The van der Waals surface area contributed by atoms with Gasteiger partial charge in [0.2, 0.25) is 0 Å². The highest BCUT2D eigenvalue weighted by molar-refractivity contribution is 6.00. The molecule has 80 valence electrons. The lowest BCUT2D eigenvalue weighted by Crippen LogP contribution is -2.16. The highest BCUT2D eigenvalue weighted by atomic mass is 19.1. The fourth-order valence-corrected chi connectivity index (χ4v) is 1.04. The van der Waals surface area contributed by atoms with E-state index in [9.17, 15) is 18.4 Å². The fourth-order valence-electron chi connectivity index (χ4n) is 1.04. The lowest BCUT2D eigenvalue weighted by molar-refractivity contribution is 0.0692. The van der Waals surface area contributed by atoms with E-state index in [1.807, 2.05) is 0 Å². The van der Waals surface area contributed by atoms with Crippen molar-refractivity contribution in [2.45, 2.75) is 0 Å². The second-order valence-electron chi connectivity index (χ2n) is 2.74. The smallest absolute Gasteiger partial charge is 0.338 e. The monoisotopic (exact) mass is 215 g/mol. The Morgan fingerprint density at radius 2 is 1.73 bits per heavy atom. The first-order valence-electron chi connectivity index (χ1n) is 3.93. The van der Waals surface area contributed by atoms with E-state index in [1.165, 1.54) is 0 Å². The van der Waals surface area contributed by atoms with E-state index in [0.29, 0.717) is 12.1 Å². The molecule has 1 aromatic rings. The van der Waals surface area contributed by atoms with Crippen LogP contribution >= 0.6 is 0 Å². The Hall–Kier alpha value is -1.82. The van der Waals surface area contributed by atoms with Gasteiger partial charge in [0.1, 0.15) is 11.6 Å². The van der Waals surface area contributed by atoms with Gasteiger partial charge in [0.05, 0.1) is 17.7 Å². The van der Waals surface area contributed by atoms with Crippen molar-refractivity contribution in [1.29, 1.82) is 0 Å². The van der Waals surface area contributed by atoms with E-state index in [0.717, 1.165) is 0 Å². The molecular formula is C9H7F2NO3. The van der Waals surface area contributed by atoms with Gasteiger partial charge in [0, 0.05) is 6.07 Å². The third-order valence-corrected chi connectivity index (χ3v) is 1.77. The molecular weight excluding hydrogens is 208 g/mol. The number of hydrogen-bond acceptors (Lipinski definition) is 3. The average molecular weight is 215 g/mol. The number of Topliss-reactive ketones (excluding diaryl/α,β-unsaturated/α-hetero) is 1. The minimum atomic E-state index is -1.57. The molecule has 0 atom stereocenters. The maximum Gasteiger partial charge on any atom is 0.338 e. The number of carboxylic acids is 1. The Bertz CT molecular complexity index is 432. The van der Waals surface area contributed by atoms with E-state index < -0.39 is 41.1 Å². The summed E-state index contributed by atoms with van der Waals surface area (Å²) in [6, 6.07) is 0.995. The summed E-state index contributed by atoms with van der Waals surface area (Å²) in [5, 5.41) is 8.53. The molecule has 0 aliphatic carbocycles. The Kier molecular flexibility index (Phi) is 3.11. The predicted octanol–water partition coefficient (Wildman–Crippen LogP) is 0.804. The first-order chi connectivity index (χ1) is 6.97. The summed E-state index contributed by atoms with van der Waals surface area (Å²) in [5.41, 5.74) is 3.71. The van der Waals surface area contributed by atoms with Crippen LogP contribution in [-0.4, -0.2) is 23.4 Å². The zero-order valence-electron chi connectivity index (χ0n) is 7.46. The number of halogens is 2. The Morgan fingerprint density at radius 1 is 1.20 bits per heavy atom. The van der Waals surface area contributed by atoms with Crippen LogP contribution in [-0.2, 0) is 0 Å². The molecule has 0 unspecified atom stereocenters. The molecule has 0 saturated carbocycles. The third kappa shape index (κ3) is 2.16. The summed E-state index contributed by atoms with van der Waals surface area (Å²) in [6.45, 7) is -0.471. The number of benzene rings is 1. The van der Waals surface area contributed by atoms with E-state index in [1.54, 1.807) is 0 Å². The molecule has 0 aliphatic heterocycles. The van der Waals surface area contributed by atoms with Crippen molar-refractivity contribution >= 4 is 11.8 Å². The van der Waals surface area contributed by atoms with Gasteiger partial charge in [-0.3, -0.25) is 4.79 Å². The molecule has 0 fully saturated rings. The fraction of sp³-hybridized carbons (Fsp3) is 0.111. The van der Waals surface area contributed by atoms with Crippen LogP contribution in [0.25, 0.3) is 0 Å². The molecule has 0 aromatic heterocycles. The zero-order chi connectivity index (χ0) is 11.6. The molecule has 3 N–H and O–H groups in total. The normalized spacial score (nSPS) is 10.1. The molecule has 0 spiro atoms. The topological polar surface area (TPSA) is 80.4 Å². The lowest BCUT2D eigenvalue weighted by atomic mass is 10.1. The van der Waals surface area contributed by atoms with Gasteiger partial charge in [-0.2, -0.15) is 0 Å². The Balaban J connectivity index is 3.36. The van der Waals surface area contributed by atoms with Crippen molar-refractivity contribution in [3.05, 3.63) is 34.9 Å². The van der Waals surface area contributed by atoms with Gasteiger partial charge in [0.25, 0.3) is 0 Å². The minimum Gasteiger partial charge on any atom is -0.478 e. The van der Waals surface area contributed by atoms with Gasteiger partial charge < -0.3 is 10.8 Å². The van der Waals surface area contributed by atoms with Gasteiger partial charge in [0.15, 0.2) is 5.78 Å². The molecule has 4 nitrogen and oxygen atoms in total. The van der Waals surface area contributed by atoms with Gasteiger partial charge >= 0.3 is 5.97 Å². The van der Waals surface area contributed by atoms with Crippen LogP contribution in [0.5, 0.6) is 0 Å². The Labute approximate surface area is 83.3 Å². The number of carbonyl (C=O) groups excluding carboxylic acids is 1. The second kappa shape index (κ2) is 4.14. The summed E-state index contributed by atoms with van der Waals surface area (Å²) in [6.07, 6.45) is 0. The van der Waals surface area contributed by atoms with Crippen molar-refractivity contribution in [2.24, 2.45) is 5.73 Å². The van der Waals surface area contributed by atoms with Crippen LogP contribution < -0.4 is 5.73 Å². The number of carbonyl (C=O) groups is 2. The average Bonchev–Trinajstić information content (AvgIpc) is 2.16. The molecule has 1 aromatic carbocycles. The van der Waals surface area contributed by atoms with Crippen LogP contribution in [0.3, 0.4) is 0 Å². The summed E-state index contributed by atoms with van der Waals surface area (Å²) >= 11 is 0. The van der Waals surface area contributed by atoms with Crippen molar-refractivity contribution in [1.82, 2.24) is 0 Å². The first kappa shape index (κ1) is 11.3. The summed E-state index contributed by atoms with van der Waals surface area (Å²) < 4.78 is 25.9. The van der Waals surface area contributed by atoms with Crippen molar-refractivity contribution in [3.63, 3.8) is 0 Å². The highest BCUT2D eigenvalue weighted by Gasteiger charge is 2.18. The standard InChI is InChI=1S/C9H7F2NO3/c10-6-2-7(11)5(9(14)15)1-4(6)8(13)3-12/h1-2H,3,12H2,(H,14,15). The first-order valence-corrected chi connectivity index (χ1v) is 3.93. The van der Waals surface area contributed by atoms with Crippen LogP contribution in [0.1, 0.15) is 20.7 Å². The number of nitrogens with two attached hydrogens (primary N) is 1. The number of ketones is 1. The number of rotatable bonds is 3.